The van der Waals surface area contributed by atoms with Gasteiger partial charge in [-0.2, -0.15) is 0 Å². The van der Waals surface area contributed by atoms with E-state index >= 15 is 0 Å². The maximum atomic E-state index is 10.8. The number of rotatable bonds is 2. The van der Waals surface area contributed by atoms with Crippen LogP contribution < -0.4 is 4.90 Å². The molecule has 0 saturated carbocycles. The van der Waals surface area contributed by atoms with Crippen molar-refractivity contribution < 1.29 is 9.90 Å². The van der Waals surface area contributed by atoms with Crippen molar-refractivity contribution in [2.45, 2.75) is 6.42 Å². The van der Waals surface area contributed by atoms with E-state index < -0.39 is 5.97 Å². The Morgan fingerprint density at radius 2 is 2.13 bits per heavy atom. The maximum Gasteiger partial charge on any atom is 0.331 e. The first-order chi connectivity index (χ1) is 7.08. The minimum atomic E-state index is -0.822. The molecule has 0 bridgehead atoms. The summed E-state index contributed by atoms with van der Waals surface area (Å²) in [6.07, 6.45) is 2.28. The molecule has 3 nitrogen and oxygen atoms in total. The monoisotopic (exact) mass is 203 g/mol. The zero-order chi connectivity index (χ0) is 11.0. The number of nitrogens with zero attached hydrogens (tertiary/aromatic N) is 1. The van der Waals surface area contributed by atoms with E-state index in [-0.39, 0.29) is 0 Å². The summed E-state index contributed by atoms with van der Waals surface area (Å²) in [5.74, 6) is -0.822. The van der Waals surface area contributed by atoms with Crippen LogP contribution in [0.25, 0.3) is 6.08 Å². The topological polar surface area (TPSA) is 40.5 Å². The van der Waals surface area contributed by atoms with E-state index in [4.69, 9.17) is 5.11 Å². The van der Waals surface area contributed by atoms with E-state index in [1.807, 2.05) is 37.2 Å². The highest BCUT2D eigenvalue weighted by Crippen LogP contribution is 2.28. The molecule has 15 heavy (non-hydrogen) atoms. The quantitative estimate of drug-likeness (QED) is 0.796. The molecule has 1 aliphatic carbocycles. The summed E-state index contributed by atoms with van der Waals surface area (Å²) in [4.78, 5) is 12.8. The number of fused-ring (bicyclic) bond motifs is 1. The number of aliphatic carboxylic acids is 1. The Kier molecular flexibility index (Phi) is 2.23. The third-order valence-corrected chi connectivity index (χ3v) is 2.63. The second kappa shape index (κ2) is 3.42. The molecule has 0 amide bonds. The van der Waals surface area contributed by atoms with Gasteiger partial charge in [0, 0.05) is 31.8 Å². The third kappa shape index (κ3) is 1.73. The van der Waals surface area contributed by atoms with Crippen LogP contribution >= 0.6 is 0 Å². The second-order valence-corrected chi connectivity index (χ2v) is 3.93. The fourth-order valence-electron chi connectivity index (χ4n) is 1.75. The van der Waals surface area contributed by atoms with Crippen molar-refractivity contribution in [1.82, 2.24) is 0 Å². The normalized spacial score (nSPS) is 13.3. The van der Waals surface area contributed by atoms with E-state index in [0.29, 0.717) is 12.0 Å². The van der Waals surface area contributed by atoms with Crippen LogP contribution in [-0.4, -0.2) is 25.2 Å². The first-order valence-electron chi connectivity index (χ1n) is 4.82. The highest BCUT2D eigenvalue weighted by molar-refractivity contribution is 5.95. The van der Waals surface area contributed by atoms with E-state index in [1.54, 1.807) is 6.08 Å². The minimum absolute atomic E-state index is 0.473. The van der Waals surface area contributed by atoms with Crippen LogP contribution in [0.5, 0.6) is 0 Å². The van der Waals surface area contributed by atoms with Gasteiger partial charge in [-0.3, -0.25) is 0 Å². The van der Waals surface area contributed by atoms with Crippen molar-refractivity contribution in [3.8, 4) is 0 Å². The van der Waals surface area contributed by atoms with Gasteiger partial charge in [-0.25, -0.2) is 4.79 Å². The van der Waals surface area contributed by atoms with Crippen LogP contribution in [0.15, 0.2) is 23.8 Å². The van der Waals surface area contributed by atoms with Gasteiger partial charge in [-0.1, -0.05) is 6.07 Å². The van der Waals surface area contributed by atoms with Gasteiger partial charge in [0.25, 0.3) is 0 Å². The highest BCUT2D eigenvalue weighted by atomic mass is 16.4. The van der Waals surface area contributed by atoms with Crippen molar-refractivity contribution in [3.05, 3.63) is 34.9 Å². The summed E-state index contributed by atoms with van der Waals surface area (Å²) in [5, 5.41) is 8.89. The summed E-state index contributed by atoms with van der Waals surface area (Å²) in [6.45, 7) is 0. The van der Waals surface area contributed by atoms with Gasteiger partial charge < -0.3 is 10.0 Å². The van der Waals surface area contributed by atoms with Gasteiger partial charge in [0.2, 0.25) is 0 Å². The average molecular weight is 203 g/mol. The van der Waals surface area contributed by atoms with E-state index in [9.17, 15) is 4.79 Å². The maximum absolute atomic E-state index is 10.8. The molecule has 0 aliphatic heterocycles. The van der Waals surface area contributed by atoms with Crippen LogP contribution in [0, 0.1) is 0 Å². The molecule has 0 unspecified atom stereocenters. The lowest BCUT2D eigenvalue weighted by atomic mass is 10.1. The lowest BCUT2D eigenvalue weighted by molar-refractivity contribution is -0.132. The van der Waals surface area contributed by atoms with Crippen molar-refractivity contribution in [2.24, 2.45) is 0 Å². The largest absolute Gasteiger partial charge is 0.478 e. The van der Waals surface area contributed by atoms with Gasteiger partial charge in [-0.05, 0) is 29.3 Å². The molecule has 0 radical (unpaired) electrons. The molecular formula is C12H13NO2. The number of hydrogen-bond donors (Lipinski definition) is 1. The fourth-order valence-corrected chi connectivity index (χ4v) is 1.75. The summed E-state index contributed by atoms with van der Waals surface area (Å²) in [5.41, 5.74) is 3.70. The summed E-state index contributed by atoms with van der Waals surface area (Å²) in [6, 6.07) is 6.02. The van der Waals surface area contributed by atoms with Gasteiger partial charge in [-0.15, -0.1) is 0 Å². The van der Waals surface area contributed by atoms with Crippen molar-refractivity contribution in [2.75, 3.05) is 19.0 Å². The highest BCUT2D eigenvalue weighted by Gasteiger charge is 2.17. The van der Waals surface area contributed by atoms with Crippen LogP contribution in [0.2, 0.25) is 0 Å². The molecular weight excluding hydrogens is 190 g/mol. The van der Waals surface area contributed by atoms with E-state index in [1.165, 1.54) is 0 Å². The van der Waals surface area contributed by atoms with Crippen LogP contribution in [-0.2, 0) is 11.2 Å². The lowest BCUT2D eigenvalue weighted by Gasteiger charge is -2.13. The molecule has 1 aromatic rings. The van der Waals surface area contributed by atoms with Gasteiger partial charge in [0.15, 0.2) is 0 Å². The summed E-state index contributed by atoms with van der Waals surface area (Å²) < 4.78 is 0. The number of carboxylic acid groups (broad SMARTS) is 1. The lowest BCUT2D eigenvalue weighted by Crippen LogP contribution is -2.08. The van der Waals surface area contributed by atoms with Crippen LogP contribution in [0.1, 0.15) is 11.1 Å². The van der Waals surface area contributed by atoms with Crippen LogP contribution in [0.3, 0.4) is 0 Å². The van der Waals surface area contributed by atoms with Crippen LogP contribution in [0.4, 0.5) is 5.69 Å². The van der Waals surface area contributed by atoms with E-state index in [0.717, 1.165) is 16.8 Å². The molecule has 2 rings (SSSR count). The fraction of sp³-hybridized carbons (Fsp3) is 0.250. The first-order valence-corrected chi connectivity index (χ1v) is 4.82. The number of carboxylic acids is 1. The number of hydrogen-bond acceptors (Lipinski definition) is 2. The Balaban J connectivity index is 2.34. The molecule has 78 valence electrons. The number of benzene rings is 1. The predicted octanol–water partition coefficient (Wildman–Crippen LogP) is 1.78. The minimum Gasteiger partial charge on any atom is -0.478 e. The molecule has 0 saturated heterocycles. The van der Waals surface area contributed by atoms with Crippen molar-refractivity contribution >= 4 is 17.7 Å². The molecule has 0 atom stereocenters. The second-order valence-electron chi connectivity index (χ2n) is 3.93. The molecule has 3 heteroatoms. The summed E-state index contributed by atoms with van der Waals surface area (Å²) >= 11 is 0. The molecule has 0 spiro atoms. The zero-order valence-corrected chi connectivity index (χ0v) is 8.82. The molecule has 1 N–H and O–H groups in total. The van der Waals surface area contributed by atoms with Crippen molar-refractivity contribution in [3.63, 3.8) is 0 Å². The Morgan fingerprint density at radius 1 is 1.40 bits per heavy atom. The standard InChI is InChI=1S/C12H13NO2/c1-13(2)11-4-3-8-5-10(12(14)15)6-9(8)7-11/h3-5,7H,6H2,1-2H3,(H,14,15). The molecule has 1 aliphatic rings. The molecule has 0 aromatic heterocycles. The Hall–Kier alpha value is -1.77. The Morgan fingerprint density at radius 3 is 2.73 bits per heavy atom. The number of anilines is 1. The van der Waals surface area contributed by atoms with Crippen molar-refractivity contribution in [1.29, 1.82) is 0 Å². The number of carbonyl (C=O) groups is 1. The van der Waals surface area contributed by atoms with Gasteiger partial charge >= 0.3 is 5.97 Å². The average Bonchev–Trinajstić information content (AvgIpc) is 2.59. The molecule has 0 fully saturated rings. The molecule has 0 heterocycles. The summed E-state index contributed by atoms with van der Waals surface area (Å²) in [7, 11) is 3.95. The van der Waals surface area contributed by atoms with E-state index in [2.05, 4.69) is 0 Å². The predicted molar refractivity (Wildman–Crippen MR) is 60.1 cm³/mol. The zero-order valence-electron chi connectivity index (χ0n) is 8.82. The van der Waals surface area contributed by atoms with Gasteiger partial charge in [0.05, 0.1) is 0 Å². The van der Waals surface area contributed by atoms with Gasteiger partial charge in [0.1, 0.15) is 0 Å². The Bertz CT molecular complexity index is 447. The smallest absolute Gasteiger partial charge is 0.331 e. The third-order valence-electron chi connectivity index (χ3n) is 2.63. The SMILES string of the molecule is CN(C)c1ccc2c(c1)CC(C(=O)O)=C2. The Labute approximate surface area is 88.6 Å². The molecule has 1 aromatic carbocycles. The first kappa shape index (κ1) is 9.77.